The first-order chi connectivity index (χ1) is 9.95. The van der Waals surface area contributed by atoms with E-state index in [1.807, 2.05) is 31.2 Å². The molecule has 0 atom stereocenters. The molecular weight excluding hydrogens is 270 g/mol. The lowest BCUT2D eigenvalue weighted by Gasteiger charge is -2.21. The summed E-state index contributed by atoms with van der Waals surface area (Å²) in [4.78, 5) is 24.1. The van der Waals surface area contributed by atoms with Gasteiger partial charge in [-0.05, 0) is 24.5 Å². The van der Waals surface area contributed by atoms with Crippen molar-refractivity contribution in [1.82, 2.24) is 4.90 Å². The number of carboxylic acid groups (broad SMARTS) is 1. The number of likely N-dealkylation sites (N-methyl/N-ethyl adjacent to an activating group) is 1. The fraction of sp³-hybridized carbons (Fsp3) is 0.500. The van der Waals surface area contributed by atoms with Crippen LogP contribution in [0.15, 0.2) is 24.3 Å². The van der Waals surface area contributed by atoms with E-state index in [0.29, 0.717) is 18.2 Å². The lowest BCUT2D eigenvalue weighted by Crippen LogP contribution is -2.36. The first-order valence-corrected chi connectivity index (χ1v) is 7.17. The van der Waals surface area contributed by atoms with Crippen LogP contribution in [-0.2, 0) is 9.59 Å². The van der Waals surface area contributed by atoms with Crippen LogP contribution in [-0.4, -0.2) is 41.6 Å². The maximum atomic E-state index is 12.0. The minimum Gasteiger partial charge on any atom is -0.483 e. The summed E-state index contributed by atoms with van der Waals surface area (Å²) >= 11 is 0. The zero-order valence-corrected chi connectivity index (χ0v) is 12.8. The number of benzene rings is 1. The molecule has 0 radical (unpaired) electrons. The first-order valence-electron chi connectivity index (χ1n) is 7.17. The summed E-state index contributed by atoms with van der Waals surface area (Å²) in [6.45, 7) is 6.56. The Morgan fingerprint density at radius 3 is 2.52 bits per heavy atom. The van der Waals surface area contributed by atoms with Gasteiger partial charge in [-0.25, -0.2) is 0 Å². The second-order valence-corrected chi connectivity index (χ2v) is 5.10. The van der Waals surface area contributed by atoms with Crippen molar-refractivity contribution in [3.63, 3.8) is 0 Å². The molecule has 0 aliphatic carbocycles. The molecule has 116 valence electrons. The lowest BCUT2D eigenvalue weighted by atomic mass is 10.0. The van der Waals surface area contributed by atoms with Gasteiger partial charge in [0.2, 0.25) is 0 Å². The predicted molar refractivity (Wildman–Crippen MR) is 80.5 cm³/mol. The van der Waals surface area contributed by atoms with Gasteiger partial charge in [-0.2, -0.15) is 0 Å². The van der Waals surface area contributed by atoms with Crippen molar-refractivity contribution in [2.24, 2.45) is 0 Å². The molecule has 0 spiro atoms. The standard InChI is InChI=1S/C16H23NO4/c1-4-17(10-9-16(19)20)15(18)11-21-14-8-6-5-7-13(14)12(2)3/h5-8,12H,4,9-11H2,1-3H3,(H,19,20). The number of ether oxygens (including phenoxy) is 1. The zero-order chi connectivity index (χ0) is 15.8. The van der Waals surface area contributed by atoms with Crippen LogP contribution >= 0.6 is 0 Å². The van der Waals surface area contributed by atoms with E-state index < -0.39 is 5.97 Å². The van der Waals surface area contributed by atoms with E-state index >= 15 is 0 Å². The summed E-state index contributed by atoms with van der Waals surface area (Å²) in [7, 11) is 0. The number of para-hydroxylation sites is 1. The number of amides is 1. The van der Waals surface area contributed by atoms with E-state index in [-0.39, 0.29) is 25.5 Å². The summed E-state index contributed by atoms with van der Waals surface area (Å²) in [6, 6.07) is 7.63. The highest BCUT2D eigenvalue weighted by molar-refractivity contribution is 5.78. The van der Waals surface area contributed by atoms with Crippen molar-refractivity contribution in [1.29, 1.82) is 0 Å². The van der Waals surface area contributed by atoms with Gasteiger partial charge in [0.25, 0.3) is 5.91 Å². The summed E-state index contributed by atoms with van der Waals surface area (Å²) in [5, 5.41) is 8.68. The molecular formula is C16H23NO4. The van der Waals surface area contributed by atoms with Gasteiger partial charge in [-0.15, -0.1) is 0 Å². The van der Waals surface area contributed by atoms with Crippen LogP contribution in [0.4, 0.5) is 0 Å². The lowest BCUT2D eigenvalue weighted by molar-refractivity contribution is -0.139. The maximum absolute atomic E-state index is 12.0. The molecule has 0 aliphatic rings. The second kappa shape index (κ2) is 8.29. The summed E-state index contributed by atoms with van der Waals surface area (Å²) in [6.07, 6.45) is -0.0534. The van der Waals surface area contributed by atoms with Gasteiger partial charge in [-0.3, -0.25) is 9.59 Å². The van der Waals surface area contributed by atoms with Crippen molar-refractivity contribution >= 4 is 11.9 Å². The molecule has 1 N–H and O–H groups in total. The monoisotopic (exact) mass is 293 g/mol. The van der Waals surface area contributed by atoms with Crippen LogP contribution in [0.2, 0.25) is 0 Å². The number of hydrogen-bond acceptors (Lipinski definition) is 3. The Balaban J connectivity index is 2.61. The minimum absolute atomic E-state index is 0.0534. The van der Waals surface area contributed by atoms with E-state index in [1.165, 1.54) is 4.90 Å². The van der Waals surface area contributed by atoms with Crippen LogP contribution in [0, 0.1) is 0 Å². The van der Waals surface area contributed by atoms with Crippen molar-refractivity contribution < 1.29 is 19.4 Å². The van der Waals surface area contributed by atoms with Crippen LogP contribution in [0.5, 0.6) is 5.75 Å². The van der Waals surface area contributed by atoms with Crippen molar-refractivity contribution in [3.8, 4) is 5.75 Å². The molecule has 0 unspecified atom stereocenters. The molecule has 0 heterocycles. The third-order valence-corrected chi connectivity index (χ3v) is 3.22. The molecule has 21 heavy (non-hydrogen) atoms. The van der Waals surface area contributed by atoms with Gasteiger partial charge in [0.05, 0.1) is 6.42 Å². The highest BCUT2D eigenvalue weighted by Gasteiger charge is 2.15. The summed E-state index contributed by atoms with van der Waals surface area (Å²) in [5.74, 6) is -0.0923. The topological polar surface area (TPSA) is 66.8 Å². The Labute approximate surface area is 125 Å². The van der Waals surface area contributed by atoms with Gasteiger partial charge in [0, 0.05) is 13.1 Å². The van der Waals surface area contributed by atoms with Gasteiger partial charge in [-0.1, -0.05) is 32.0 Å². The smallest absolute Gasteiger partial charge is 0.305 e. The van der Waals surface area contributed by atoms with E-state index in [0.717, 1.165) is 5.56 Å². The zero-order valence-electron chi connectivity index (χ0n) is 12.8. The van der Waals surface area contributed by atoms with Gasteiger partial charge in [0.1, 0.15) is 5.75 Å². The van der Waals surface area contributed by atoms with E-state index in [9.17, 15) is 9.59 Å². The number of carbonyl (C=O) groups excluding carboxylic acids is 1. The Bertz CT molecular complexity index is 485. The molecule has 1 aromatic carbocycles. The van der Waals surface area contributed by atoms with Crippen molar-refractivity contribution in [2.45, 2.75) is 33.1 Å². The quantitative estimate of drug-likeness (QED) is 0.799. The average Bonchev–Trinajstić information content (AvgIpc) is 2.45. The van der Waals surface area contributed by atoms with E-state index in [4.69, 9.17) is 9.84 Å². The van der Waals surface area contributed by atoms with Crippen LogP contribution in [0.25, 0.3) is 0 Å². The Morgan fingerprint density at radius 1 is 1.29 bits per heavy atom. The number of rotatable bonds is 8. The highest BCUT2D eigenvalue weighted by atomic mass is 16.5. The molecule has 0 saturated heterocycles. The molecule has 5 heteroatoms. The molecule has 5 nitrogen and oxygen atoms in total. The third-order valence-electron chi connectivity index (χ3n) is 3.22. The Kier molecular flexibility index (Phi) is 6.72. The number of aliphatic carboxylic acids is 1. The molecule has 0 saturated carbocycles. The molecule has 0 bridgehead atoms. The third kappa shape index (κ3) is 5.45. The van der Waals surface area contributed by atoms with Gasteiger partial charge in [0.15, 0.2) is 6.61 Å². The summed E-state index contributed by atoms with van der Waals surface area (Å²) in [5.41, 5.74) is 1.05. The molecule has 1 aromatic rings. The number of carboxylic acids is 1. The summed E-state index contributed by atoms with van der Waals surface area (Å²) < 4.78 is 5.61. The second-order valence-electron chi connectivity index (χ2n) is 5.10. The van der Waals surface area contributed by atoms with Gasteiger partial charge < -0.3 is 14.7 Å². The molecule has 1 rings (SSSR count). The molecule has 0 fully saturated rings. The Morgan fingerprint density at radius 2 is 1.95 bits per heavy atom. The minimum atomic E-state index is -0.910. The molecule has 0 aromatic heterocycles. The van der Waals surface area contributed by atoms with Gasteiger partial charge >= 0.3 is 5.97 Å². The fourth-order valence-electron chi connectivity index (χ4n) is 2.01. The van der Waals surface area contributed by atoms with E-state index in [1.54, 1.807) is 0 Å². The average molecular weight is 293 g/mol. The Hall–Kier alpha value is -2.04. The number of nitrogens with zero attached hydrogens (tertiary/aromatic N) is 1. The maximum Gasteiger partial charge on any atom is 0.305 e. The SMILES string of the molecule is CCN(CCC(=O)O)C(=O)COc1ccccc1C(C)C. The normalized spacial score (nSPS) is 10.5. The van der Waals surface area contributed by atoms with E-state index in [2.05, 4.69) is 13.8 Å². The molecule has 0 aliphatic heterocycles. The predicted octanol–water partition coefficient (Wildman–Crippen LogP) is 2.51. The van der Waals surface area contributed by atoms with Crippen LogP contribution in [0.3, 0.4) is 0 Å². The fourth-order valence-corrected chi connectivity index (χ4v) is 2.01. The highest BCUT2D eigenvalue weighted by Crippen LogP contribution is 2.25. The van der Waals surface area contributed by atoms with Crippen LogP contribution in [0.1, 0.15) is 38.7 Å². The number of carbonyl (C=O) groups is 2. The van der Waals surface area contributed by atoms with Crippen molar-refractivity contribution in [3.05, 3.63) is 29.8 Å². The largest absolute Gasteiger partial charge is 0.483 e. The molecule has 1 amide bonds. The van der Waals surface area contributed by atoms with Crippen LogP contribution < -0.4 is 4.74 Å². The number of hydrogen-bond donors (Lipinski definition) is 1. The van der Waals surface area contributed by atoms with Crippen molar-refractivity contribution in [2.75, 3.05) is 19.7 Å². The first kappa shape index (κ1) is 17.0.